The third kappa shape index (κ3) is 2.51. The number of sulfonamides is 1. The van der Waals surface area contributed by atoms with Crippen LogP contribution in [0.5, 0.6) is 0 Å². The first-order chi connectivity index (χ1) is 7.98. The van der Waals surface area contributed by atoms with E-state index >= 15 is 0 Å². The third-order valence-electron chi connectivity index (χ3n) is 2.38. The summed E-state index contributed by atoms with van der Waals surface area (Å²) >= 11 is 0. The Hall–Kier alpha value is -1.72. The quantitative estimate of drug-likeness (QED) is 0.879. The Morgan fingerprint density at radius 2 is 1.94 bits per heavy atom. The first-order valence-electron chi connectivity index (χ1n) is 5.03. The Labute approximate surface area is 100 Å². The van der Waals surface area contributed by atoms with Crippen molar-refractivity contribution in [3.05, 3.63) is 48.2 Å². The monoisotopic (exact) mass is 248 g/mol. The zero-order chi connectivity index (χ0) is 12.5. The molecule has 1 aromatic heterocycles. The number of hydrogen-bond acceptors (Lipinski definition) is 3. The number of primary sulfonamides is 1. The van der Waals surface area contributed by atoms with Gasteiger partial charge in [0.2, 0.25) is 10.0 Å². The molecular formula is C12H12N2O2S. The first-order valence-corrected chi connectivity index (χ1v) is 6.58. The van der Waals surface area contributed by atoms with Gasteiger partial charge in [0, 0.05) is 11.8 Å². The zero-order valence-electron chi connectivity index (χ0n) is 9.29. The third-order valence-corrected chi connectivity index (χ3v) is 3.35. The van der Waals surface area contributed by atoms with Crippen molar-refractivity contribution in [2.24, 2.45) is 5.14 Å². The molecule has 0 aliphatic rings. The van der Waals surface area contributed by atoms with E-state index in [4.69, 9.17) is 5.14 Å². The molecule has 2 rings (SSSR count). The molecular weight excluding hydrogens is 236 g/mol. The van der Waals surface area contributed by atoms with E-state index in [0.717, 1.165) is 5.56 Å². The molecule has 1 heterocycles. The van der Waals surface area contributed by atoms with Crippen LogP contribution in [0.1, 0.15) is 5.56 Å². The highest BCUT2D eigenvalue weighted by Crippen LogP contribution is 2.25. The van der Waals surface area contributed by atoms with E-state index in [-0.39, 0.29) is 4.90 Å². The van der Waals surface area contributed by atoms with Crippen molar-refractivity contribution >= 4 is 10.0 Å². The summed E-state index contributed by atoms with van der Waals surface area (Å²) in [5, 5.41) is 5.19. The average Bonchev–Trinajstić information content (AvgIpc) is 2.28. The van der Waals surface area contributed by atoms with Crippen molar-refractivity contribution in [1.82, 2.24) is 4.98 Å². The minimum Gasteiger partial charge on any atom is -0.256 e. The van der Waals surface area contributed by atoms with E-state index in [1.165, 1.54) is 6.07 Å². The van der Waals surface area contributed by atoms with Gasteiger partial charge in [-0.05, 0) is 31.2 Å². The van der Waals surface area contributed by atoms with E-state index in [1.54, 1.807) is 36.5 Å². The molecule has 0 bridgehead atoms. The van der Waals surface area contributed by atoms with Gasteiger partial charge in [0.05, 0.1) is 10.6 Å². The lowest BCUT2D eigenvalue weighted by Crippen LogP contribution is -2.13. The molecule has 4 nitrogen and oxygen atoms in total. The van der Waals surface area contributed by atoms with Gasteiger partial charge in [-0.2, -0.15) is 0 Å². The highest BCUT2D eigenvalue weighted by Gasteiger charge is 2.15. The molecule has 0 spiro atoms. The van der Waals surface area contributed by atoms with Crippen LogP contribution in [0.2, 0.25) is 0 Å². The zero-order valence-corrected chi connectivity index (χ0v) is 10.1. The minimum absolute atomic E-state index is 0.0989. The van der Waals surface area contributed by atoms with Gasteiger partial charge in [0.1, 0.15) is 0 Å². The van der Waals surface area contributed by atoms with E-state index in [0.29, 0.717) is 11.3 Å². The lowest BCUT2D eigenvalue weighted by Gasteiger charge is -2.08. The molecule has 0 atom stereocenters. The number of nitrogens with zero attached hydrogens (tertiary/aromatic N) is 1. The normalized spacial score (nSPS) is 11.4. The van der Waals surface area contributed by atoms with E-state index in [9.17, 15) is 8.42 Å². The largest absolute Gasteiger partial charge is 0.256 e. The smallest absolute Gasteiger partial charge is 0.238 e. The summed E-state index contributed by atoms with van der Waals surface area (Å²) < 4.78 is 23.0. The molecule has 17 heavy (non-hydrogen) atoms. The molecule has 1 aromatic carbocycles. The first kappa shape index (κ1) is 11.8. The van der Waals surface area contributed by atoms with E-state index < -0.39 is 10.0 Å². The molecule has 0 unspecified atom stereocenters. The summed E-state index contributed by atoms with van der Waals surface area (Å²) in [6, 6.07) is 10.3. The van der Waals surface area contributed by atoms with Crippen LogP contribution < -0.4 is 5.14 Å². The molecule has 2 aromatic rings. The van der Waals surface area contributed by atoms with Crippen LogP contribution >= 0.6 is 0 Å². The fourth-order valence-corrected chi connectivity index (χ4v) is 2.34. The highest BCUT2D eigenvalue weighted by molar-refractivity contribution is 7.89. The summed E-state index contributed by atoms with van der Waals surface area (Å²) in [7, 11) is -3.74. The van der Waals surface area contributed by atoms with Crippen LogP contribution in [-0.2, 0) is 10.0 Å². The summed E-state index contributed by atoms with van der Waals surface area (Å²) in [5.74, 6) is 0. The summed E-state index contributed by atoms with van der Waals surface area (Å²) in [4.78, 5) is 4.24. The fourth-order valence-electron chi connectivity index (χ4n) is 1.61. The van der Waals surface area contributed by atoms with Crippen molar-refractivity contribution in [2.45, 2.75) is 11.8 Å². The lowest BCUT2D eigenvalue weighted by molar-refractivity contribution is 0.598. The molecule has 0 radical (unpaired) electrons. The number of hydrogen-bond donors (Lipinski definition) is 1. The number of nitrogens with two attached hydrogens (primary N) is 1. The van der Waals surface area contributed by atoms with Crippen molar-refractivity contribution in [2.75, 3.05) is 0 Å². The Morgan fingerprint density at radius 1 is 1.18 bits per heavy atom. The SMILES string of the molecule is Cc1ccc(S(N)(=O)=O)c(-c2ccccn2)c1. The molecule has 5 heteroatoms. The van der Waals surface area contributed by atoms with Crippen molar-refractivity contribution in [3.63, 3.8) is 0 Å². The number of aryl methyl sites for hydroxylation is 1. The minimum atomic E-state index is -3.74. The summed E-state index contributed by atoms with van der Waals surface area (Å²) in [6.45, 7) is 1.89. The van der Waals surface area contributed by atoms with Gasteiger partial charge in [0.15, 0.2) is 0 Å². The number of benzene rings is 1. The standard InChI is InChI=1S/C12H12N2O2S/c1-9-5-6-12(17(13,15)16)10(8-9)11-4-2-3-7-14-11/h2-8H,1H3,(H2,13,15,16). The van der Waals surface area contributed by atoms with Crippen LogP contribution in [0.25, 0.3) is 11.3 Å². The van der Waals surface area contributed by atoms with Gasteiger partial charge in [-0.3, -0.25) is 4.98 Å². The second-order valence-electron chi connectivity index (χ2n) is 3.76. The Kier molecular flexibility index (Phi) is 2.95. The van der Waals surface area contributed by atoms with E-state index in [2.05, 4.69) is 4.98 Å². The maximum absolute atomic E-state index is 11.5. The predicted molar refractivity (Wildman–Crippen MR) is 65.8 cm³/mol. The maximum Gasteiger partial charge on any atom is 0.238 e. The van der Waals surface area contributed by atoms with Gasteiger partial charge < -0.3 is 0 Å². The molecule has 0 amide bonds. The number of aromatic nitrogens is 1. The number of rotatable bonds is 2. The molecule has 2 N–H and O–H groups in total. The summed E-state index contributed by atoms with van der Waals surface area (Å²) in [5.41, 5.74) is 2.09. The molecule has 0 aliphatic carbocycles. The predicted octanol–water partition coefficient (Wildman–Crippen LogP) is 1.70. The van der Waals surface area contributed by atoms with Gasteiger partial charge in [-0.25, -0.2) is 13.6 Å². The topological polar surface area (TPSA) is 73.1 Å². The van der Waals surface area contributed by atoms with Crippen molar-refractivity contribution < 1.29 is 8.42 Å². The van der Waals surface area contributed by atoms with Crippen LogP contribution in [0.4, 0.5) is 0 Å². The molecule has 88 valence electrons. The van der Waals surface area contributed by atoms with Crippen molar-refractivity contribution in [3.8, 4) is 11.3 Å². The van der Waals surface area contributed by atoms with Crippen LogP contribution in [0.3, 0.4) is 0 Å². The Morgan fingerprint density at radius 3 is 2.53 bits per heavy atom. The molecule has 0 saturated carbocycles. The Balaban J connectivity index is 2.72. The van der Waals surface area contributed by atoms with Crippen LogP contribution in [-0.4, -0.2) is 13.4 Å². The maximum atomic E-state index is 11.5. The lowest BCUT2D eigenvalue weighted by atomic mass is 10.1. The molecule has 0 aliphatic heterocycles. The van der Waals surface area contributed by atoms with Crippen LogP contribution in [0.15, 0.2) is 47.5 Å². The second kappa shape index (κ2) is 4.27. The van der Waals surface area contributed by atoms with Crippen molar-refractivity contribution in [1.29, 1.82) is 0 Å². The summed E-state index contributed by atoms with van der Waals surface area (Å²) in [6.07, 6.45) is 1.62. The number of pyridine rings is 1. The average molecular weight is 248 g/mol. The van der Waals surface area contributed by atoms with Gasteiger partial charge in [-0.15, -0.1) is 0 Å². The molecule has 0 fully saturated rings. The Bertz CT molecular complexity index is 637. The second-order valence-corrected chi connectivity index (χ2v) is 5.29. The van der Waals surface area contributed by atoms with E-state index in [1.807, 2.05) is 6.92 Å². The highest BCUT2D eigenvalue weighted by atomic mass is 32.2. The van der Waals surface area contributed by atoms with Gasteiger partial charge in [-0.1, -0.05) is 17.7 Å². The molecule has 0 saturated heterocycles. The van der Waals surface area contributed by atoms with Crippen LogP contribution in [0, 0.1) is 6.92 Å². The fraction of sp³-hybridized carbons (Fsp3) is 0.0833. The van der Waals surface area contributed by atoms with Gasteiger partial charge >= 0.3 is 0 Å². The van der Waals surface area contributed by atoms with Gasteiger partial charge in [0.25, 0.3) is 0 Å².